The van der Waals surface area contributed by atoms with Gasteiger partial charge in [0, 0.05) is 17.2 Å². The SMILES string of the molecule is CC(C)c1ccc(NC(=O)Nc2cc(C(C)(C)C)nn2C2CCS(=O)(=O)C2)cc1. The average molecular weight is 419 g/mol. The van der Waals surface area contributed by atoms with Gasteiger partial charge >= 0.3 is 6.03 Å². The van der Waals surface area contributed by atoms with E-state index in [1.54, 1.807) is 4.68 Å². The molecule has 2 amide bonds. The second-order valence-electron chi connectivity index (χ2n) is 9.02. The Balaban J connectivity index is 1.79. The molecule has 1 aromatic carbocycles. The van der Waals surface area contributed by atoms with Crippen LogP contribution in [0.1, 0.15) is 64.3 Å². The maximum absolute atomic E-state index is 12.6. The Morgan fingerprint density at radius 1 is 1.17 bits per heavy atom. The summed E-state index contributed by atoms with van der Waals surface area (Å²) in [7, 11) is -3.06. The standard InChI is InChI=1S/C21H30N4O3S/c1-14(2)15-6-8-16(9-7-15)22-20(26)23-19-12-18(21(3,4)5)24-25(19)17-10-11-29(27,28)13-17/h6-9,12,14,17H,10-11,13H2,1-5H3,(H2,22,23,26). The highest BCUT2D eigenvalue weighted by Crippen LogP contribution is 2.31. The largest absolute Gasteiger partial charge is 0.324 e. The number of anilines is 2. The van der Waals surface area contributed by atoms with Gasteiger partial charge in [0.2, 0.25) is 0 Å². The zero-order valence-electron chi connectivity index (χ0n) is 17.7. The number of sulfone groups is 1. The number of aromatic nitrogens is 2. The first-order valence-corrected chi connectivity index (χ1v) is 11.8. The number of benzene rings is 1. The van der Waals surface area contributed by atoms with Gasteiger partial charge in [0.25, 0.3) is 0 Å². The zero-order valence-corrected chi connectivity index (χ0v) is 18.5. The first-order chi connectivity index (χ1) is 13.4. The molecule has 158 valence electrons. The van der Waals surface area contributed by atoms with Crippen molar-refractivity contribution in [1.82, 2.24) is 9.78 Å². The van der Waals surface area contributed by atoms with Crippen LogP contribution in [0.4, 0.5) is 16.3 Å². The molecule has 1 atom stereocenters. The molecule has 1 saturated heterocycles. The lowest BCUT2D eigenvalue weighted by atomic mass is 9.92. The molecule has 8 heteroatoms. The molecule has 0 saturated carbocycles. The highest BCUT2D eigenvalue weighted by atomic mass is 32.2. The topological polar surface area (TPSA) is 93.1 Å². The van der Waals surface area contributed by atoms with E-state index in [1.807, 2.05) is 51.1 Å². The Labute approximate surface area is 172 Å². The van der Waals surface area contributed by atoms with E-state index in [0.717, 1.165) is 5.69 Å². The maximum atomic E-state index is 12.6. The number of rotatable bonds is 4. The molecular weight excluding hydrogens is 388 g/mol. The van der Waals surface area contributed by atoms with Crippen LogP contribution in [0.5, 0.6) is 0 Å². The van der Waals surface area contributed by atoms with Gasteiger partial charge in [0.1, 0.15) is 5.82 Å². The van der Waals surface area contributed by atoms with Crippen LogP contribution in [0.3, 0.4) is 0 Å². The molecule has 2 heterocycles. The van der Waals surface area contributed by atoms with Crippen LogP contribution >= 0.6 is 0 Å². The molecule has 2 aromatic rings. The quantitative estimate of drug-likeness (QED) is 0.774. The van der Waals surface area contributed by atoms with Crippen LogP contribution in [0.25, 0.3) is 0 Å². The van der Waals surface area contributed by atoms with Crippen molar-refractivity contribution in [2.45, 2.75) is 58.4 Å². The Bertz CT molecular complexity index is 986. The van der Waals surface area contributed by atoms with Gasteiger partial charge < -0.3 is 5.32 Å². The number of carbonyl (C=O) groups is 1. The lowest BCUT2D eigenvalue weighted by Gasteiger charge is -2.16. The molecule has 0 bridgehead atoms. The second-order valence-corrected chi connectivity index (χ2v) is 11.3. The van der Waals surface area contributed by atoms with Gasteiger partial charge in [0.05, 0.1) is 23.2 Å². The number of nitrogens with one attached hydrogen (secondary N) is 2. The van der Waals surface area contributed by atoms with Crippen molar-refractivity contribution in [3.8, 4) is 0 Å². The zero-order chi connectivity index (χ0) is 21.4. The number of amides is 2. The van der Waals surface area contributed by atoms with E-state index in [1.165, 1.54) is 5.56 Å². The number of hydrogen-bond acceptors (Lipinski definition) is 4. The summed E-state index contributed by atoms with van der Waals surface area (Å²) in [5.41, 5.74) is 2.48. The Hall–Kier alpha value is -2.35. The predicted molar refractivity (Wildman–Crippen MR) is 116 cm³/mol. The van der Waals surface area contributed by atoms with Crippen molar-refractivity contribution in [2.24, 2.45) is 0 Å². The van der Waals surface area contributed by atoms with E-state index in [4.69, 9.17) is 0 Å². The number of carbonyl (C=O) groups excluding carboxylic acids is 1. The summed E-state index contributed by atoms with van der Waals surface area (Å²) >= 11 is 0. The normalized spacial score (nSPS) is 18.8. The molecular formula is C21H30N4O3S. The molecule has 1 fully saturated rings. The molecule has 0 radical (unpaired) electrons. The van der Waals surface area contributed by atoms with Crippen molar-refractivity contribution in [3.63, 3.8) is 0 Å². The monoisotopic (exact) mass is 418 g/mol. The molecule has 29 heavy (non-hydrogen) atoms. The fourth-order valence-corrected chi connectivity index (χ4v) is 5.02. The molecule has 1 aliphatic heterocycles. The smallest absolute Gasteiger partial charge is 0.308 e. The number of hydrogen-bond donors (Lipinski definition) is 2. The third-order valence-corrected chi connectivity index (χ3v) is 6.89. The summed E-state index contributed by atoms with van der Waals surface area (Å²) in [4.78, 5) is 12.6. The molecule has 1 unspecified atom stereocenters. The number of nitrogens with zero attached hydrogens (tertiary/aromatic N) is 2. The highest BCUT2D eigenvalue weighted by molar-refractivity contribution is 7.91. The summed E-state index contributed by atoms with van der Waals surface area (Å²) in [5, 5.41) is 10.3. The minimum Gasteiger partial charge on any atom is -0.308 e. The van der Waals surface area contributed by atoms with E-state index >= 15 is 0 Å². The fourth-order valence-electron chi connectivity index (χ4n) is 3.33. The summed E-state index contributed by atoms with van der Waals surface area (Å²) in [6.07, 6.45) is 0.501. The Morgan fingerprint density at radius 2 is 1.83 bits per heavy atom. The molecule has 7 nitrogen and oxygen atoms in total. The van der Waals surface area contributed by atoms with Gasteiger partial charge in [-0.1, -0.05) is 46.8 Å². The van der Waals surface area contributed by atoms with Gasteiger partial charge in [-0.3, -0.25) is 5.32 Å². The van der Waals surface area contributed by atoms with E-state index in [2.05, 4.69) is 29.6 Å². The minimum absolute atomic E-state index is 0.0469. The summed E-state index contributed by atoms with van der Waals surface area (Å²) in [5.74, 6) is 1.13. The van der Waals surface area contributed by atoms with Crippen LogP contribution in [-0.2, 0) is 15.3 Å². The van der Waals surface area contributed by atoms with Gasteiger partial charge in [-0.2, -0.15) is 5.10 Å². The summed E-state index contributed by atoms with van der Waals surface area (Å²) in [6, 6.07) is 8.90. The van der Waals surface area contributed by atoms with Crippen molar-refractivity contribution in [2.75, 3.05) is 22.1 Å². The molecule has 0 aliphatic carbocycles. The van der Waals surface area contributed by atoms with Crippen LogP contribution < -0.4 is 10.6 Å². The van der Waals surface area contributed by atoms with Crippen molar-refractivity contribution in [1.29, 1.82) is 0 Å². The van der Waals surface area contributed by atoms with Gasteiger partial charge in [-0.05, 0) is 30.0 Å². The van der Waals surface area contributed by atoms with E-state index in [9.17, 15) is 13.2 Å². The average Bonchev–Trinajstić information content (AvgIpc) is 3.18. The van der Waals surface area contributed by atoms with Crippen LogP contribution in [0, 0.1) is 0 Å². The van der Waals surface area contributed by atoms with Crippen molar-refractivity contribution < 1.29 is 13.2 Å². The molecule has 1 aliphatic rings. The first kappa shape index (κ1) is 21.4. The Kier molecular flexibility index (Phi) is 5.76. The first-order valence-electron chi connectivity index (χ1n) is 9.93. The van der Waals surface area contributed by atoms with E-state index in [0.29, 0.717) is 23.8 Å². The van der Waals surface area contributed by atoms with Crippen LogP contribution in [0.15, 0.2) is 30.3 Å². The summed E-state index contributed by atoms with van der Waals surface area (Å²) in [6.45, 7) is 10.3. The molecule has 1 aromatic heterocycles. The third-order valence-electron chi connectivity index (χ3n) is 5.14. The maximum Gasteiger partial charge on any atom is 0.324 e. The van der Waals surface area contributed by atoms with Crippen molar-refractivity contribution in [3.05, 3.63) is 41.6 Å². The third kappa shape index (κ3) is 5.18. The van der Waals surface area contributed by atoms with Gasteiger partial charge in [-0.25, -0.2) is 17.9 Å². The van der Waals surface area contributed by atoms with Crippen LogP contribution in [-0.4, -0.2) is 35.7 Å². The lowest BCUT2D eigenvalue weighted by molar-refractivity contribution is 0.262. The van der Waals surface area contributed by atoms with Crippen molar-refractivity contribution >= 4 is 27.4 Å². The Morgan fingerprint density at radius 3 is 2.34 bits per heavy atom. The van der Waals surface area contributed by atoms with E-state index < -0.39 is 9.84 Å². The molecule has 3 rings (SSSR count). The second kappa shape index (κ2) is 7.82. The predicted octanol–water partition coefficient (Wildman–Crippen LogP) is 4.31. The molecule has 2 N–H and O–H groups in total. The summed E-state index contributed by atoms with van der Waals surface area (Å²) < 4.78 is 25.5. The van der Waals surface area contributed by atoms with E-state index in [-0.39, 0.29) is 29.0 Å². The number of urea groups is 1. The molecule has 0 spiro atoms. The minimum atomic E-state index is -3.06. The van der Waals surface area contributed by atoms with Gasteiger partial charge in [-0.15, -0.1) is 0 Å². The highest BCUT2D eigenvalue weighted by Gasteiger charge is 2.32. The lowest BCUT2D eigenvalue weighted by Crippen LogP contribution is -2.23. The van der Waals surface area contributed by atoms with Gasteiger partial charge in [0.15, 0.2) is 9.84 Å². The fraction of sp³-hybridized carbons (Fsp3) is 0.524. The van der Waals surface area contributed by atoms with Crippen LogP contribution in [0.2, 0.25) is 0 Å².